The first-order valence-corrected chi connectivity index (χ1v) is 5.27. The standard InChI is InChI=1S/C11H7N5O3/c17-11(18)8-7(13-5-14-8)10-15-9(16-19-10)6-2-1-3-12-4-6/h1-5H,(H,13,14)(H,17,18). The maximum Gasteiger partial charge on any atom is 0.356 e. The number of nitrogens with zero attached hydrogens (tertiary/aromatic N) is 4. The van der Waals surface area contributed by atoms with E-state index in [4.69, 9.17) is 9.63 Å². The van der Waals surface area contributed by atoms with Gasteiger partial charge in [0.25, 0.3) is 5.89 Å². The molecule has 3 aromatic rings. The Balaban J connectivity index is 2.02. The second kappa shape index (κ2) is 4.33. The minimum atomic E-state index is -1.17. The fourth-order valence-electron chi connectivity index (χ4n) is 1.56. The summed E-state index contributed by atoms with van der Waals surface area (Å²) in [6.07, 6.45) is 4.47. The summed E-state index contributed by atoms with van der Waals surface area (Å²) in [5.74, 6) is -0.778. The number of nitrogens with one attached hydrogen (secondary N) is 1. The van der Waals surface area contributed by atoms with E-state index in [9.17, 15) is 4.79 Å². The quantitative estimate of drug-likeness (QED) is 0.724. The molecule has 0 saturated carbocycles. The lowest BCUT2D eigenvalue weighted by atomic mass is 10.3. The zero-order valence-corrected chi connectivity index (χ0v) is 9.44. The second-order valence-electron chi connectivity index (χ2n) is 3.60. The molecule has 0 unspecified atom stereocenters. The van der Waals surface area contributed by atoms with E-state index < -0.39 is 5.97 Å². The molecular weight excluding hydrogens is 250 g/mol. The summed E-state index contributed by atoms with van der Waals surface area (Å²) in [6, 6.07) is 3.51. The number of aromatic nitrogens is 5. The summed E-state index contributed by atoms with van der Waals surface area (Å²) < 4.78 is 5.03. The van der Waals surface area contributed by atoms with E-state index in [1.54, 1.807) is 24.5 Å². The van der Waals surface area contributed by atoms with E-state index in [1.165, 1.54) is 6.33 Å². The third-order valence-corrected chi connectivity index (χ3v) is 2.40. The topological polar surface area (TPSA) is 118 Å². The number of aromatic carboxylic acids is 1. The van der Waals surface area contributed by atoms with Crippen LogP contribution >= 0.6 is 0 Å². The number of carboxylic acid groups (broad SMARTS) is 1. The van der Waals surface area contributed by atoms with Gasteiger partial charge in [0, 0.05) is 18.0 Å². The molecule has 3 aromatic heterocycles. The van der Waals surface area contributed by atoms with Crippen molar-refractivity contribution in [3.63, 3.8) is 0 Å². The number of pyridine rings is 1. The molecule has 2 N–H and O–H groups in total. The van der Waals surface area contributed by atoms with Crippen molar-refractivity contribution < 1.29 is 14.4 Å². The second-order valence-corrected chi connectivity index (χ2v) is 3.60. The van der Waals surface area contributed by atoms with Crippen molar-refractivity contribution in [3.8, 4) is 23.0 Å². The number of aromatic amines is 1. The van der Waals surface area contributed by atoms with Crippen molar-refractivity contribution in [2.24, 2.45) is 0 Å². The highest BCUT2D eigenvalue weighted by molar-refractivity contribution is 5.91. The summed E-state index contributed by atoms with van der Waals surface area (Å²) in [6.45, 7) is 0. The Morgan fingerprint density at radius 3 is 3.05 bits per heavy atom. The first kappa shape index (κ1) is 11.1. The molecule has 0 aromatic carbocycles. The zero-order valence-electron chi connectivity index (χ0n) is 9.44. The number of carboxylic acids is 1. The van der Waals surface area contributed by atoms with Crippen LogP contribution < -0.4 is 0 Å². The monoisotopic (exact) mass is 257 g/mol. The first-order chi connectivity index (χ1) is 9.25. The van der Waals surface area contributed by atoms with Crippen molar-refractivity contribution in [1.29, 1.82) is 0 Å². The normalized spacial score (nSPS) is 10.5. The Morgan fingerprint density at radius 2 is 2.32 bits per heavy atom. The molecule has 0 fully saturated rings. The van der Waals surface area contributed by atoms with Gasteiger partial charge in [-0.15, -0.1) is 0 Å². The zero-order chi connectivity index (χ0) is 13.2. The highest BCUT2D eigenvalue weighted by Crippen LogP contribution is 2.22. The van der Waals surface area contributed by atoms with Gasteiger partial charge in [0.15, 0.2) is 5.69 Å². The minimum absolute atomic E-state index is 0.0637. The molecular formula is C11H7N5O3. The summed E-state index contributed by atoms with van der Waals surface area (Å²) in [7, 11) is 0. The van der Waals surface area contributed by atoms with Gasteiger partial charge in [0.1, 0.15) is 5.69 Å². The lowest BCUT2D eigenvalue weighted by Gasteiger charge is -1.91. The fraction of sp³-hybridized carbons (Fsp3) is 0. The predicted octanol–water partition coefficient (Wildman–Crippen LogP) is 1.22. The predicted molar refractivity (Wildman–Crippen MR) is 62.1 cm³/mol. The number of rotatable bonds is 3. The average Bonchev–Trinajstić information content (AvgIpc) is 3.08. The van der Waals surface area contributed by atoms with Gasteiger partial charge in [0.05, 0.1) is 6.33 Å². The molecule has 0 amide bonds. The first-order valence-electron chi connectivity index (χ1n) is 5.27. The highest BCUT2D eigenvalue weighted by Gasteiger charge is 2.20. The van der Waals surface area contributed by atoms with Gasteiger partial charge in [-0.1, -0.05) is 5.16 Å². The molecule has 94 valence electrons. The number of hydrogen-bond donors (Lipinski definition) is 2. The highest BCUT2D eigenvalue weighted by atomic mass is 16.5. The third kappa shape index (κ3) is 1.95. The SMILES string of the molecule is O=C(O)c1nc[nH]c1-c1nc(-c2cccnc2)no1. The Labute approximate surface area is 106 Å². The van der Waals surface area contributed by atoms with Crippen LogP contribution in [0.15, 0.2) is 35.4 Å². The van der Waals surface area contributed by atoms with Crippen molar-refractivity contribution in [2.45, 2.75) is 0 Å². The van der Waals surface area contributed by atoms with Crippen molar-refractivity contribution >= 4 is 5.97 Å². The molecule has 8 heteroatoms. The number of hydrogen-bond acceptors (Lipinski definition) is 6. The Hall–Kier alpha value is -3.03. The van der Waals surface area contributed by atoms with Crippen LogP contribution in [0.3, 0.4) is 0 Å². The molecule has 0 aliphatic heterocycles. The van der Waals surface area contributed by atoms with E-state index in [0.29, 0.717) is 11.4 Å². The molecule has 3 rings (SSSR count). The Bertz CT molecular complexity index is 719. The summed E-state index contributed by atoms with van der Waals surface area (Å²) in [5.41, 5.74) is 0.686. The van der Waals surface area contributed by atoms with Crippen LogP contribution in [0.2, 0.25) is 0 Å². The number of carbonyl (C=O) groups is 1. The largest absolute Gasteiger partial charge is 0.476 e. The molecule has 0 spiro atoms. The van der Waals surface area contributed by atoms with E-state index in [0.717, 1.165) is 0 Å². The van der Waals surface area contributed by atoms with E-state index in [2.05, 4.69) is 25.1 Å². The molecule has 0 radical (unpaired) electrons. The molecule has 3 heterocycles. The maximum atomic E-state index is 11.0. The molecule has 8 nitrogen and oxygen atoms in total. The summed E-state index contributed by atoms with van der Waals surface area (Å²) >= 11 is 0. The van der Waals surface area contributed by atoms with E-state index >= 15 is 0 Å². The average molecular weight is 257 g/mol. The summed E-state index contributed by atoms with van der Waals surface area (Å²) in [4.78, 5) is 25.4. The van der Waals surface area contributed by atoms with Crippen LogP contribution in [-0.4, -0.2) is 36.2 Å². The van der Waals surface area contributed by atoms with E-state index in [1.807, 2.05) is 0 Å². The van der Waals surface area contributed by atoms with Crippen LogP contribution in [0.5, 0.6) is 0 Å². The van der Waals surface area contributed by atoms with Crippen molar-refractivity contribution in [3.05, 3.63) is 36.5 Å². The van der Waals surface area contributed by atoms with Crippen LogP contribution in [0.1, 0.15) is 10.5 Å². The van der Waals surface area contributed by atoms with E-state index in [-0.39, 0.29) is 17.3 Å². The van der Waals surface area contributed by atoms with Gasteiger partial charge < -0.3 is 14.6 Å². The van der Waals surface area contributed by atoms with Gasteiger partial charge in [-0.25, -0.2) is 9.78 Å². The van der Waals surface area contributed by atoms with Crippen LogP contribution in [0.4, 0.5) is 0 Å². The molecule has 0 aliphatic carbocycles. The van der Waals surface area contributed by atoms with Crippen LogP contribution in [-0.2, 0) is 0 Å². The number of H-pyrrole nitrogens is 1. The van der Waals surface area contributed by atoms with Gasteiger partial charge >= 0.3 is 5.97 Å². The molecule has 0 atom stereocenters. The maximum absolute atomic E-state index is 11.0. The smallest absolute Gasteiger partial charge is 0.356 e. The Kier molecular flexibility index (Phi) is 2.53. The van der Waals surface area contributed by atoms with Gasteiger partial charge in [-0.3, -0.25) is 4.98 Å². The lowest BCUT2D eigenvalue weighted by molar-refractivity contribution is 0.0691. The van der Waals surface area contributed by atoms with Gasteiger partial charge in [-0.05, 0) is 12.1 Å². The van der Waals surface area contributed by atoms with Crippen molar-refractivity contribution in [2.75, 3.05) is 0 Å². The Morgan fingerprint density at radius 1 is 1.42 bits per heavy atom. The molecule has 0 saturated heterocycles. The van der Waals surface area contributed by atoms with Gasteiger partial charge in [0.2, 0.25) is 5.82 Å². The minimum Gasteiger partial charge on any atom is -0.476 e. The lowest BCUT2D eigenvalue weighted by Crippen LogP contribution is -1.99. The fourth-order valence-corrected chi connectivity index (χ4v) is 1.56. The number of imidazole rings is 1. The van der Waals surface area contributed by atoms with Gasteiger partial charge in [-0.2, -0.15) is 4.98 Å². The van der Waals surface area contributed by atoms with Crippen molar-refractivity contribution in [1.82, 2.24) is 25.1 Å². The molecule has 19 heavy (non-hydrogen) atoms. The van der Waals surface area contributed by atoms with Crippen LogP contribution in [0.25, 0.3) is 23.0 Å². The third-order valence-electron chi connectivity index (χ3n) is 2.40. The molecule has 0 aliphatic rings. The summed E-state index contributed by atoms with van der Waals surface area (Å²) in [5, 5.41) is 12.7. The van der Waals surface area contributed by atoms with Crippen LogP contribution in [0, 0.1) is 0 Å². The molecule has 0 bridgehead atoms.